The lowest BCUT2D eigenvalue weighted by molar-refractivity contribution is -0.119. The molecule has 22 heavy (non-hydrogen) atoms. The van der Waals surface area contributed by atoms with E-state index in [4.69, 9.17) is 17.3 Å². The van der Waals surface area contributed by atoms with Crippen molar-refractivity contribution >= 4 is 27.5 Å². The van der Waals surface area contributed by atoms with Gasteiger partial charge in [0, 0.05) is 19.5 Å². The number of nitrogens with zero attached hydrogens (tertiary/aromatic N) is 1. The molecule has 0 saturated carbocycles. The third-order valence-corrected chi connectivity index (χ3v) is 6.13. The zero-order valence-corrected chi connectivity index (χ0v) is 13.8. The van der Waals surface area contributed by atoms with Gasteiger partial charge in [0.25, 0.3) is 0 Å². The first kappa shape index (κ1) is 17.2. The van der Waals surface area contributed by atoms with Crippen LogP contribution in [-0.4, -0.2) is 31.7 Å². The Morgan fingerprint density at radius 3 is 2.82 bits per heavy atom. The molecule has 0 spiro atoms. The smallest absolute Gasteiger partial charge is 0.244 e. The fourth-order valence-electron chi connectivity index (χ4n) is 2.66. The Morgan fingerprint density at radius 1 is 1.50 bits per heavy atom. The number of carbonyl (C=O) groups excluding carboxylic acids is 1. The average Bonchev–Trinajstić information content (AvgIpc) is 2.42. The molecule has 1 saturated heterocycles. The van der Waals surface area contributed by atoms with Crippen LogP contribution in [0, 0.1) is 18.7 Å². The summed E-state index contributed by atoms with van der Waals surface area (Å²) < 4.78 is 40.2. The fourth-order valence-corrected chi connectivity index (χ4v) is 4.79. The molecule has 2 N–H and O–H groups in total. The summed E-state index contributed by atoms with van der Waals surface area (Å²) in [5, 5.41) is -0.139. The molecule has 8 heteroatoms. The molecule has 0 bridgehead atoms. The van der Waals surface area contributed by atoms with Gasteiger partial charge in [-0.25, -0.2) is 12.8 Å². The van der Waals surface area contributed by atoms with E-state index in [0.29, 0.717) is 13.0 Å². The minimum Gasteiger partial charge on any atom is -0.370 e. The molecule has 0 radical (unpaired) electrons. The lowest BCUT2D eigenvalue weighted by atomic mass is 9.96. The third kappa shape index (κ3) is 3.59. The van der Waals surface area contributed by atoms with Crippen molar-refractivity contribution < 1.29 is 17.6 Å². The van der Waals surface area contributed by atoms with E-state index in [0.717, 1.165) is 12.5 Å². The summed E-state index contributed by atoms with van der Waals surface area (Å²) in [6, 6.07) is 2.25. The summed E-state index contributed by atoms with van der Waals surface area (Å²) in [5.41, 5.74) is 5.40. The Morgan fingerprint density at radius 2 is 2.18 bits per heavy atom. The van der Waals surface area contributed by atoms with Crippen LogP contribution >= 0.6 is 11.6 Å². The second-order valence-corrected chi connectivity index (χ2v) is 7.89. The Labute approximate surface area is 134 Å². The number of sulfonamides is 1. The quantitative estimate of drug-likeness (QED) is 0.904. The van der Waals surface area contributed by atoms with Crippen molar-refractivity contribution in [2.24, 2.45) is 11.7 Å². The predicted molar refractivity (Wildman–Crippen MR) is 81.4 cm³/mol. The van der Waals surface area contributed by atoms with Crippen LogP contribution in [0.5, 0.6) is 0 Å². The maximum Gasteiger partial charge on any atom is 0.244 e. The van der Waals surface area contributed by atoms with E-state index >= 15 is 0 Å². The highest BCUT2D eigenvalue weighted by molar-refractivity contribution is 7.89. The number of primary amides is 1. The van der Waals surface area contributed by atoms with Crippen molar-refractivity contribution in [1.29, 1.82) is 0 Å². The Balaban J connectivity index is 2.30. The lowest BCUT2D eigenvalue weighted by Gasteiger charge is -2.31. The number of benzene rings is 1. The van der Waals surface area contributed by atoms with Gasteiger partial charge >= 0.3 is 0 Å². The summed E-state index contributed by atoms with van der Waals surface area (Å²) in [6.45, 7) is 2.05. The molecule has 1 aliphatic rings. The number of piperidine rings is 1. The minimum absolute atomic E-state index is 0.0960. The summed E-state index contributed by atoms with van der Waals surface area (Å²) >= 11 is 5.91. The second-order valence-electron chi connectivity index (χ2n) is 5.57. The van der Waals surface area contributed by atoms with E-state index in [9.17, 15) is 17.6 Å². The van der Waals surface area contributed by atoms with E-state index in [1.165, 1.54) is 17.3 Å². The zero-order valence-electron chi connectivity index (χ0n) is 12.2. The summed E-state index contributed by atoms with van der Waals surface area (Å²) in [4.78, 5) is 10.9. The van der Waals surface area contributed by atoms with Gasteiger partial charge < -0.3 is 5.73 Å². The molecule has 1 heterocycles. The largest absolute Gasteiger partial charge is 0.370 e. The molecular formula is C14H18ClFN2O3S. The highest BCUT2D eigenvalue weighted by Crippen LogP contribution is 2.30. The first-order valence-corrected chi connectivity index (χ1v) is 8.77. The first-order chi connectivity index (χ1) is 10.2. The Hall–Kier alpha value is -1.18. The standard InChI is InChI=1S/C14H18ClFN2O3S/c1-9-5-13(11(15)7-12(9)16)22(20,21)18-4-2-3-10(8-18)6-14(17)19/h5,7,10H,2-4,6,8H2,1H3,(H2,17,19)/t10-/m0/s1. The van der Waals surface area contributed by atoms with Crippen LogP contribution in [0.4, 0.5) is 4.39 Å². The van der Waals surface area contributed by atoms with Crippen LogP contribution < -0.4 is 5.73 Å². The van der Waals surface area contributed by atoms with Crippen LogP contribution in [0.3, 0.4) is 0 Å². The molecule has 1 atom stereocenters. The molecule has 0 aromatic heterocycles. The number of amides is 1. The van der Waals surface area contributed by atoms with Crippen molar-refractivity contribution in [1.82, 2.24) is 4.31 Å². The number of carbonyl (C=O) groups is 1. The zero-order chi connectivity index (χ0) is 16.5. The number of halogens is 2. The molecule has 1 amide bonds. The number of hydrogen-bond acceptors (Lipinski definition) is 3. The Bertz CT molecular complexity index is 694. The van der Waals surface area contributed by atoms with Gasteiger partial charge in [0.1, 0.15) is 10.7 Å². The van der Waals surface area contributed by atoms with Crippen molar-refractivity contribution in [2.75, 3.05) is 13.1 Å². The van der Waals surface area contributed by atoms with Crippen LogP contribution in [0.1, 0.15) is 24.8 Å². The lowest BCUT2D eigenvalue weighted by Crippen LogP contribution is -2.41. The minimum atomic E-state index is -3.82. The molecule has 0 aliphatic carbocycles. The normalized spacial score (nSPS) is 20.0. The van der Waals surface area contributed by atoms with Crippen LogP contribution in [0.2, 0.25) is 5.02 Å². The molecular weight excluding hydrogens is 331 g/mol. The monoisotopic (exact) mass is 348 g/mol. The van der Waals surface area contributed by atoms with Gasteiger partial charge in [0.05, 0.1) is 5.02 Å². The highest BCUT2D eigenvalue weighted by atomic mass is 35.5. The first-order valence-electron chi connectivity index (χ1n) is 6.96. The van der Waals surface area contributed by atoms with Gasteiger partial charge in [-0.3, -0.25) is 4.79 Å². The SMILES string of the molecule is Cc1cc(S(=O)(=O)N2CCC[C@@H](CC(N)=O)C2)c(Cl)cc1F. The molecule has 1 aliphatic heterocycles. The van der Waals surface area contributed by atoms with Crippen molar-refractivity contribution in [3.8, 4) is 0 Å². The van der Waals surface area contributed by atoms with E-state index in [1.54, 1.807) is 0 Å². The van der Waals surface area contributed by atoms with Gasteiger partial charge in [-0.15, -0.1) is 0 Å². The molecule has 2 rings (SSSR count). The molecule has 0 unspecified atom stereocenters. The van der Waals surface area contributed by atoms with E-state index in [1.807, 2.05) is 0 Å². The van der Waals surface area contributed by atoms with Crippen molar-refractivity contribution in [2.45, 2.75) is 31.1 Å². The predicted octanol–water partition coefficient (Wildman–Crippen LogP) is 2.06. The molecule has 5 nitrogen and oxygen atoms in total. The highest BCUT2D eigenvalue weighted by Gasteiger charge is 2.32. The van der Waals surface area contributed by atoms with Crippen LogP contribution in [0.25, 0.3) is 0 Å². The van der Waals surface area contributed by atoms with Gasteiger partial charge in [-0.1, -0.05) is 11.6 Å². The number of aryl methyl sites for hydroxylation is 1. The van der Waals surface area contributed by atoms with E-state index < -0.39 is 21.7 Å². The van der Waals surface area contributed by atoms with Crippen LogP contribution in [-0.2, 0) is 14.8 Å². The summed E-state index contributed by atoms with van der Waals surface area (Å²) in [7, 11) is -3.82. The molecule has 1 aromatic rings. The number of nitrogens with two attached hydrogens (primary N) is 1. The number of hydrogen-bond donors (Lipinski definition) is 1. The Kier molecular flexibility index (Phi) is 5.09. The molecule has 122 valence electrons. The molecule has 1 fully saturated rings. The third-order valence-electron chi connectivity index (χ3n) is 3.80. The van der Waals surface area contributed by atoms with Crippen molar-refractivity contribution in [3.63, 3.8) is 0 Å². The van der Waals surface area contributed by atoms with E-state index in [-0.39, 0.29) is 34.4 Å². The average molecular weight is 349 g/mol. The number of rotatable bonds is 4. The molecule has 1 aromatic carbocycles. The van der Waals surface area contributed by atoms with Gasteiger partial charge in [0.15, 0.2) is 0 Å². The van der Waals surface area contributed by atoms with Gasteiger partial charge in [0.2, 0.25) is 15.9 Å². The fraction of sp³-hybridized carbons (Fsp3) is 0.500. The van der Waals surface area contributed by atoms with Gasteiger partial charge in [-0.05, 0) is 43.4 Å². The summed E-state index contributed by atoms with van der Waals surface area (Å²) in [6.07, 6.45) is 1.56. The second kappa shape index (κ2) is 6.52. The maximum atomic E-state index is 13.5. The van der Waals surface area contributed by atoms with E-state index in [2.05, 4.69) is 0 Å². The maximum absolute atomic E-state index is 13.5. The van der Waals surface area contributed by atoms with Crippen molar-refractivity contribution in [3.05, 3.63) is 28.5 Å². The summed E-state index contributed by atoms with van der Waals surface area (Å²) in [5.74, 6) is -1.09. The van der Waals surface area contributed by atoms with Gasteiger partial charge in [-0.2, -0.15) is 4.31 Å². The van der Waals surface area contributed by atoms with Crippen LogP contribution in [0.15, 0.2) is 17.0 Å². The topological polar surface area (TPSA) is 80.5 Å².